The third-order valence-electron chi connectivity index (χ3n) is 1.67. The van der Waals surface area contributed by atoms with E-state index in [9.17, 15) is 18.0 Å². The number of alkyl halides is 2. The molecule has 0 aliphatic rings. The van der Waals surface area contributed by atoms with Crippen molar-refractivity contribution < 1.29 is 23.1 Å². The Labute approximate surface area is 83.5 Å². The van der Waals surface area contributed by atoms with Gasteiger partial charge in [0.05, 0.1) is 12.2 Å². The van der Waals surface area contributed by atoms with Crippen LogP contribution in [0.2, 0.25) is 0 Å². The minimum Gasteiger partial charge on any atom is -0.478 e. The van der Waals surface area contributed by atoms with Gasteiger partial charge in [-0.1, -0.05) is 6.07 Å². The van der Waals surface area contributed by atoms with E-state index in [2.05, 4.69) is 5.32 Å². The molecular formula is C9H8F3NO2. The molecule has 0 bridgehead atoms. The first-order valence-corrected chi connectivity index (χ1v) is 4.06. The smallest absolute Gasteiger partial charge is 0.340 e. The van der Waals surface area contributed by atoms with Crippen LogP contribution in [0.25, 0.3) is 0 Å². The van der Waals surface area contributed by atoms with Gasteiger partial charge in [0.1, 0.15) is 11.4 Å². The lowest BCUT2D eigenvalue weighted by Crippen LogP contribution is -2.14. The van der Waals surface area contributed by atoms with E-state index in [1.54, 1.807) is 0 Å². The first-order chi connectivity index (χ1) is 7.02. The van der Waals surface area contributed by atoms with E-state index in [1.807, 2.05) is 0 Å². The van der Waals surface area contributed by atoms with Gasteiger partial charge in [-0.25, -0.2) is 18.0 Å². The highest BCUT2D eigenvalue weighted by atomic mass is 19.3. The predicted molar refractivity (Wildman–Crippen MR) is 47.9 cm³/mol. The average molecular weight is 219 g/mol. The first kappa shape index (κ1) is 11.4. The van der Waals surface area contributed by atoms with Gasteiger partial charge in [0.25, 0.3) is 6.43 Å². The number of anilines is 1. The zero-order valence-electron chi connectivity index (χ0n) is 7.51. The van der Waals surface area contributed by atoms with Gasteiger partial charge < -0.3 is 10.4 Å². The molecule has 0 aliphatic carbocycles. The second-order valence-electron chi connectivity index (χ2n) is 2.74. The van der Waals surface area contributed by atoms with Crippen LogP contribution in [0.4, 0.5) is 18.9 Å². The summed E-state index contributed by atoms with van der Waals surface area (Å²) >= 11 is 0. The molecule has 2 N–H and O–H groups in total. The normalized spacial score (nSPS) is 10.4. The molecule has 0 aliphatic heterocycles. The highest BCUT2D eigenvalue weighted by Gasteiger charge is 2.16. The van der Waals surface area contributed by atoms with Crippen molar-refractivity contribution in [2.24, 2.45) is 0 Å². The molecule has 0 saturated heterocycles. The molecule has 0 heterocycles. The summed E-state index contributed by atoms with van der Waals surface area (Å²) in [7, 11) is 0. The molecular weight excluding hydrogens is 211 g/mol. The molecule has 0 aromatic heterocycles. The molecule has 1 aromatic carbocycles. The zero-order valence-corrected chi connectivity index (χ0v) is 7.51. The van der Waals surface area contributed by atoms with Crippen molar-refractivity contribution in [3.8, 4) is 0 Å². The number of nitrogens with one attached hydrogen (secondary N) is 1. The molecule has 0 unspecified atom stereocenters. The Bertz CT molecular complexity index is 368. The number of aromatic carboxylic acids is 1. The molecule has 0 atom stereocenters. The molecule has 0 spiro atoms. The largest absolute Gasteiger partial charge is 0.478 e. The second kappa shape index (κ2) is 4.68. The molecule has 82 valence electrons. The van der Waals surface area contributed by atoms with Gasteiger partial charge in [-0.2, -0.15) is 0 Å². The highest BCUT2D eigenvalue weighted by molar-refractivity contribution is 5.94. The molecule has 1 rings (SSSR count). The number of halogens is 3. The fraction of sp³-hybridized carbons (Fsp3) is 0.222. The van der Waals surface area contributed by atoms with Gasteiger partial charge in [-0.05, 0) is 12.1 Å². The van der Waals surface area contributed by atoms with Crippen LogP contribution in [0.15, 0.2) is 18.2 Å². The molecule has 0 radical (unpaired) electrons. The van der Waals surface area contributed by atoms with Crippen LogP contribution in [-0.4, -0.2) is 24.0 Å². The first-order valence-electron chi connectivity index (χ1n) is 4.06. The van der Waals surface area contributed by atoms with Crippen molar-refractivity contribution >= 4 is 11.7 Å². The minimum atomic E-state index is -2.63. The van der Waals surface area contributed by atoms with Gasteiger partial charge in [0, 0.05) is 0 Å². The average Bonchev–Trinajstić information content (AvgIpc) is 2.13. The number of benzene rings is 1. The number of rotatable bonds is 4. The Balaban J connectivity index is 2.96. The molecule has 0 amide bonds. The summed E-state index contributed by atoms with van der Waals surface area (Å²) in [5.74, 6) is -2.45. The lowest BCUT2D eigenvalue weighted by atomic mass is 10.1. The molecule has 6 heteroatoms. The van der Waals surface area contributed by atoms with E-state index in [4.69, 9.17) is 5.11 Å². The van der Waals surface area contributed by atoms with Crippen LogP contribution in [-0.2, 0) is 0 Å². The maximum absolute atomic E-state index is 13.0. The molecule has 15 heavy (non-hydrogen) atoms. The summed E-state index contributed by atoms with van der Waals surface area (Å²) in [6, 6.07) is 3.43. The Morgan fingerprint density at radius 3 is 2.67 bits per heavy atom. The lowest BCUT2D eigenvalue weighted by Gasteiger charge is -2.09. The van der Waals surface area contributed by atoms with Crippen LogP contribution in [0.1, 0.15) is 10.4 Å². The van der Waals surface area contributed by atoms with Gasteiger partial charge in [-0.15, -0.1) is 0 Å². The predicted octanol–water partition coefficient (Wildman–Crippen LogP) is 2.20. The van der Waals surface area contributed by atoms with Gasteiger partial charge in [-0.3, -0.25) is 0 Å². The monoisotopic (exact) mass is 219 g/mol. The quantitative estimate of drug-likeness (QED) is 0.816. The highest BCUT2D eigenvalue weighted by Crippen LogP contribution is 2.19. The number of carboxylic acid groups (broad SMARTS) is 1. The zero-order chi connectivity index (χ0) is 11.4. The Morgan fingerprint density at radius 2 is 2.13 bits per heavy atom. The van der Waals surface area contributed by atoms with E-state index < -0.39 is 30.3 Å². The van der Waals surface area contributed by atoms with Crippen LogP contribution < -0.4 is 5.32 Å². The summed E-state index contributed by atoms with van der Waals surface area (Å²) in [4.78, 5) is 10.6. The fourth-order valence-corrected chi connectivity index (χ4v) is 1.08. The van der Waals surface area contributed by atoms with Crippen LogP contribution >= 0.6 is 0 Å². The van der Waals surface area contributed by atoms with E-state index in [-0.39, 0.29) is 5.69 Å². The van der Waals surface area contributed by atoms with Gasteiger partial charge >= 0.3 is 5.97 Å². The van der Waals surface area contributed by atoms with Crippen molar-refractivity contribution in [2.45, 2.75) is 6.43 Å². The number of carboxylic acids is 1. The van der Waals surface area contributed by atoms with E-state index in [1.165, 1.54) is 12.1 Å². The minimum absolute atomic E-state index is 0.150. The SMILES string of the molecule is O=C(O)c1c(F)cccc1NCC(F)F. The van der Waals surface area contributed by atoms with Crippen molar-refractivity contribution in [2.75, 3.05) is 11.9 Å². The van der Waals surface area contributed by atoms with E-state index in [0.717, 1.165) is 6.07 Å². The van der Waals surface area contributed by atoms with Gasteiger partial charge in [0.2, 0.25) is 0 Å². The van der Waals surface area contributed by atoms with Crippen LogP contribution in [0.5, 0.6) is 0 Å². The number of hydrogen-bond donors (Lipinski definition) is 2. The maximum atomic E-state index is 13.0. The second-order valence-corrected chi connectivity index (χ2v) is 2.74. The lowest BCUT2D eigenvalue weighted by molar-refractivity contribution is 0.0692. The Kier molecular flexibility index (Phi) is 3.54. The van der Waals surface area contributed by atoms with Crippen molar-refractivity contribution in [3.63, 3.8) is 0 Å². The Hall–Kier alpha value is -1.72. The molecule has 0 saturated carbocycles. The van der Waals surface area contributed by atoms with Crippen molar-refractivity contribution in [1.29, 1.82) is 0 Å². The summed E-state index contributed by atoms with van der Waals surface area (Å²) in [5.41, 5.74) is -0.777. The van der Waals surface area contributed by atoms with E-state index in [0.29, 0.717) is 0 Å². The third kappa shape index (κ3) is 2.87. The van der Waals surface area contributed by atoms with Crippen molar-refractivity contribution in [1.82, 2.24) is 0 Å². The summed E-state index contributed by atoms with van der Waals surface area (Å²) in [6.45, 7) is -0.719. The fourth-order valence-electron chi connectivity index (χ4n) is 1.08. The van der Waals surface area contributed by atoms with Crippen molar-refractivity contribution in [3.05, 3.63) is 29.6 Å². The number of hydrogen-bond acceptors (Lipinski definition) is 2. The maximum Gasteiger partial charge on any atom is 0.340 e. The van der Waals surface area contributed by atoms with E-state index >= 15 is 0 Å². The summed E-state index contributed by atoms with van der Waals surface area (Å²) in [6.07, 6.45) is -2.63. The third-order valence-corrected chi connectivity index (χ3v) is 1.67. The van der Waals surface area contributed by atoms with Gasteiger partial charge in [0.15, 0.2) is 0 Å². The number of carbonyl (C=O) groups is 1. The summed E-state index contributed by atoms with van der Waals surface area (Å²) < 4.78 is 36.7. The topological polar surface area (TPSA) is 49.3 Å². The van der Waals surface area contributed by atoms with Crippen LogP contribution in [0.3, 0.4) is 0 Å². The van der Waals surface area contributed by atoms with Crippen LogP contribution in [0, 0.1) is 5.82 Å². The molecule has 3 nitrogen and oxygen atoms in total. The molecule has 1 aromatic rings. The summed E-state index contributed by atoms with van der Waals surface area (Å²) in [5, 5.41) is 10.8. The Morgan fingerprint density at radius 1 is 1.47 bits per heavy atom. The standard InChI is InChI=1S/C9H8F3NO2/c10-5-2-1-3-6(8(5)9(14)15)13-4-7(11)12/h1-3,7,13H,4H2,(H,14,15). The molecule has 0 fully saturated rings.